The van der Waals surface area contributed by atoms with Crippen LogP contribution in [0.3, 0.4) is 0 Å². The van der Waals surface area contributed by atoms with Gasteiger partial charge >= 0.3 is 0 Å². The topological polar surface area (TPSA) is 57.9 Å². The fraction of sp³-hybridized carbons (Fsp3) is 0.294. The van der Waals surface area contributed by atoms with Crippen molar-refractivity contribution in [2.45, 2.75) is 12.7 Å². The SMILES string of the molecule is c1ccc(-c2cc(OCCC3OCCO3)n3nccc3n2)cc1. The number of hydrogen-bond acceptors (Lipinski definition) is 5. The minimum absolute atomic E-state index is 0.168. The highest BCUT2D eigenvalue weighted by Crippen LogP contribution is 2.23. The molecular weight excluding hydrogens is 294 g/mol. The van der Waals surface area contributed by atoms with Crippen LogP contribution in [0.4, 0.5) is 0 Å². The molecule has 1 fully saturated rings. The van der Waals surface area contributed by atoms with E-state index < -0.39 is 0 Å². The van der Waals surface area contributed by atoms with Gasteiger partial charge in [-0.25, -0.2) is 4.98 Å². The lowest BCUT2D eigenvalue weighted by atomic mass is 10.1. The van der Waals surface area contributed by atoms with Crippen LogP contribution < -0.4 is 4.74 Å². The number of benzene rings is 1. The molecule has 3 heterocycles. The molecule has 23 heavy (non-hydrogen) atoms. The van der Waals surface area contributed by atoms with Crippen LogP contribution in [0.5, 0.6) is 5.88 Å². The normalized spacial score (nSPS) is 15.3. The van der Waals surface area contributed by atoms with Crippen LogP contribution in [0.2, 0.25) is 0 Å². The summed E-state index contributed by atoms with van der Waals surface area (Å²) in [6.07, 6.45) is 2.23. The molecule has 0 unspecified atom stereocenters. The van der Waals surface area contributed by atoms with Crippen molar-refractivity contribution in [2.75, 3.05) is 19.8 Å². The van der Waals surface area contributed by atoms with Gasteiger partial charge in [0, 0.05) is 24.1 Å². The largest absolute Gasteiger partial charge is 0.477 e. The zero-order chi connectivity index (χ0) is 15.5. The maximum absolute atomic E-state index is 5.90. The van der Waals surface area contributed by atoms with Crippen LogP contribution in [0.1, 0.15) is 6.42 Å². The summed E-state index contributed by atoms with van der Waals surface area (Å²) >= 11 is 0. The third kappa shape index (κ3) is 3.04. The second-order valence-corrected chi connectivity index (χ2v) is 5.26. The van der Waals surface area contributed by atoms with Crippen LogP contribution in [0.15, 0.2) is 48.7 Å². The first-order chi connectivity index (χ1) is 11.4. The Kier molecular flexibility index (Phi) is 3.92. The van der Waals surface area contributed by atoms with Crippen molar-refractivity contribution in [2.24, 2.45) is 0 Å². The summed E-state index contributed by atoms with van der Waals surface area (Å²) < 4.78 is 18.4. The summed E-state index contributed by atoms with van der Waals surface area (Å²) in [6.45, 7) is 1.81. The highest BCUT2D eigenvalue weighted by Gasteiger charge is 2.16. The molecule has 6 nitrogen and oxygen atoms in total. The predicted octanol–water partition coefficient (Wildman–Crippen LogP) is 2.54. The van der Waals surface area contributed by atoms with Gasteiger partial charge in [-0.15, -0.1) is 0 Å². The molecule has 0 spiro atoms. The standard InChI is InChI=1S/C17H17N3O3/c1-2-4-13(5-3-1)14-12-16(20-15(19-14)6-8-18-20)21-9-7-17-22-10-11-23-17/h1-6,8,12,17H,7,9-11H2. The summed E-state index contributed by atoms with van der Waals surface area (Å²) in [5, 5.41) is 4.27. The zero-order valence-electron chi connectivity index (χ0n) is 12.6. The lowest BCUT2D eigenvalue weighted by Gasteiger charge is -2.12. The van der Waals surface area contributed by atoms with Crippen LogP contribution in [0, 0.1) is 0 Å². The van der Waals surface area contributed by atoms with Crippen molar-refractivity contribution in [3.05, 3.63) is 48.7 Å². The average molecular weight is 311 g/mol. The van der Waals surface area contributed by atoms with E-state index in [2.05, 4.69) is 10.1 Å². The first-order valence-electron chi connectivity index (χ1n) is 7.66. The fourth-order valence-electron chi connectivity index (χ4n) is 2.58. The number of hydrogen-bond donors (Lipinski definition) is 0. The Labute approximate surface area is 133 Å². The molecule has 0 saturated carbocycles. The number of nitrogens with zero attached hydrogens (tertiary/aromatic N) is 3. The van der Waals surface area contributed by atoms with Crippen LogP contribution in [0.25, 0.3) is 16.9 Å². The molecule has 3 aromatic rings. The quantitative estimate of drug-likeness (QED) is 0.725. The average Bonchev–Trinajstić information content (AvgIpc) is 3.26. The first kappa shape index (κ1) is 14.2. The molecule has 1 aromatic carbocycles. The van der Waals surface area contributed by atoms with Crippen molar-refractivity contribution in [3.63, 3.8) is 0 Å². The minimum Gasteiger partial charge on any atom is -0.477 e. The molecule has 6 heteroatoms. The van der Waals surface area contributed by atoms with Crippen molar-refractivity contribution in [3.8, 4) is 17.1 Å². The Morgan fingerprint density at radius 3 is 2.78 bits per heavy atom. The zero-order valence-corrected chi connectivity index (χ0v) is 12.6. The molecule has 0 radical (unpaired) electrons. The molecular formula is C17H17N3O3. The van der Waals surface area contributed by atoms with E-state index >= 15 is 0 Å². The molecule has 0 amide bonds. The van der Waals surface area contributed by atoms with E-state index in [1.165, 1.54) is 0 Å². The van der Waals surface area contributed by atoms with Gasteiger partial charge < -0.3 is 14.2 Å². The number of rotatable bonds is 5. The van der Waals surface area contributed by atoms with Gasteiger partial charge in [0.2, 0.25) is 5.88 Å². The Bertz CT molecular complexity index is 782. The second kappa shape index (κ2) is 6.36. The summed E-state index contributed by atoms with van der Waals surface area (Å²) in [4.78, 5) is 4.62. The molecule has 2 aromatic heterocycles. The third-order valence-corrected chi connectivity index (χ3v) is 3.69. The van der Waals surface area contributed by atoms with Crippen molar-refractivity contribution < 1.29 is 14.2 Å². The summed E-state index contributed by atoms with van der Waals surface area (Å²) in [6, 6.07) is 13.8. The van der Waals surface area contributed by atoms with Gasteiger partial charge in [0.15, 0.2) is 11.9 Å². The number of aromatic nitrogens is 3. The van der Waals surface area contributed by atoms with E-state index in [1.54, 1.807) is 10.7 Å². The Balaban J connectivity index is 1.58. The van der Waals surface area contributed by atoms with Gasteiger partial charge in [-0.3, -0.25) is 0 Å². The minimum atomic E-state index is -0.168. The molecule has 118 valence electrons. The highest BCUT2D eigenvalue weighted by molar-refractivity contribution is 5.63. The summed E-state index contributed by atoms with van der Waals surface area (Å²) in [5.41, 5.74) is 2.67. The predicted molar refractivity (Wildman–Crippen MR) is 84.2 cm³/mol. The third-order valence-electron chi connectivity index (χ3n) is 3.69. The van der Waals surface area contributed by atoms with Crippen molar-refractivity contribution in [1.82, 2.24) is 14.6 Å². The Hall–Kier alpha value is -2.44. The fourth-order valence-corrected chi connectivity index (χ4v) is 2.58. The molecule has 1 saturated heterocycles. The van der Waals surface area contributed by atoms with Gasteiger partial charge in [0.1, 0.15) is 0 Å². The molecule has 0 N–H and O–H groups in total. The van der Waals surface area contributed by atoms with E-state index in [0.29, 0.717) is 32.1 Å². The van der Waals surface area contributed by atoms with Crippen molar-refractivity contribution in [1.29, 1.82) is 0 Å². The lowest BCUT2D eigenvalue weighted by Crippen LogP contribution is -2.14. The smallest absolute Gasteiger partial charge is 0.218 e. The Morgan fingerprint density at radius 2 is 1.96 bits per heavy atom. The number of fused-ring (bicyclic) bond motifs is 1. The van der Waals surface area contributed by atoms with Gasteiger partial charge in [0.25, 0.3) is 0 Å². The monoisotopic (exact) mass is 311 g/mol. The highest BCUT2D eigenvalue weighted by atomic mass is 16.7. The lowest BCUT2D eigenvalue weighted by molar-refractivity contribution is -0.0534. The van der Waals surface area contributed by atoms with Crippen LogP contribution >= 0.6 is 0 Å². The molecule has 0 aliphatic carbocycles. The van der Waals surface area contributed by atoms with Gasteiger partial charge in [-0.1, -0.05) is 30.3 Å². The molecule has 1 aliphatic heterocycles. The van der Waals surface area contributed by atoms with E-state index in [0.717, 1.165) is 16.9 Å². The van der Waals surface area contributed by atoms with Gasteiger partial charge in [-0.2, -0.15) is 9.61 Å². The molecule has 4 rings (SSSR count). The van der Waals surface area contributed by atoms with Crippen LogP contribution in [-0.2, 0) is 9.47 Å². The van der Waals surface area contributed by atoms with E-state index in [4.69, 9.17) is 14.2 Å². The second-order valence-electron chi connectivity index (χ2n) is 5.26. The van der Waals surface area contributed by atoms with E-state index in [9.17, 15) is 0 Å². The van der Waals surface area contributed by atoms with Crippen LogP contribution in [-0.4, -0.2) is 40.7 Å². The maximum Gasteiger partial charge on any atom is 0.218 e. The molecule has 1 aliphatic rings. The first-order valence-corrected chi connectivity index (χ1v) is 7.66. The maximum atomic E-state index is 5.90. The van der Waals surface area contributed by atoms with Crippen molar-refractivity contribution >= 4 is 5.65 Å². The van der Waals surface area contributed by atoms with E-state index in [1.807, 2.05) is 42.5 Å². The van der Waals surface area contributed by atoms with Gasteiger partial charge in [-0.05, 0) is 0 Å². The molecule has 0 atom stereocenters. The molecule has 0 bridgehead atoms. The number of ether oxygens (including phenoxy) is 3. The summed E-state index contributed by atoms with van der Waals surface area (Å²) in [7, 11) is 0. The Morgan fingerprint density at radius 1 is 1.13 bits per heavy atom. The summed E-state index contributed by atoms with van der Waals surface area (Å²) in [5.74, 6) is 0.664. The van der Waals surface area contributed by atoms with Gasteiger partial charge in [0.05, 0.1) is 31.7 Å². The van der Waals surface area contributed by atoms with E-state index in [-0.39, 0.29) is 6.29 Å².